The van der Waals surface area contributed by atoms with Crippen molar-refractivity contribution < 1.29 is 23.1 Å². The van der Waals surface area contributed by atoms with E-state index in [1.54, 1.807) is 70.5 Å². The van der Waals surface area contributed by atoms with E-state index in [-0.39, 0.29) is 12.6 Å². The third-order valence-electron chi connectivity index (χ3n) is 2.14. The van der Waals surface area contributed by atoms with Gasteiger partial charge in [-0.3, -0.25) is 13.6 Å². The molecule has 0 N–H and O–H groups in total. The molecule has 0 unspecified atom stereocenters. The summed E-state index contributed by atoms with van der Waals surface area (Å²) in [7, 11) is 7.61. The van der Waals surface area contributed by atoms with E-state index in [1.807, 2.05) is 0 Å². The Morgan fingerprint density at radius 3 is 1.77 bits per heavy atom. The van der Waals surface area contributed by atoms with Crippen molar-refractivity contribution in [2.75, 3.05) is 48.9 Å². The van der Waals surface area contributed by atoms with Crippen molar-refractivity contribution in [3.05, 3.63) is 12.2 Å². The van der Waals surface area contributed by atoms with Gasteiger partial charge in [0, 0.05) is 54.4 Å². The van der Waals surface area contributed by atoms with Crippen LogP contribution in [-0.2, 0) is 23.1 Å². The minimum atomic E-state index is -3.01. The maximum atomic E-state index is 11.3. The molecule has 0 aromatic heterocycles. The van der Waals surface area contributed by atoms with E-state index in [4.69, 9.17) is 18.3 Å². The number of hydrogen-bond acceptors (Lipinski definition) is 8. The highest BCUT2D eigenvalue weighted by atomic mass is 28.4. The summed E-state index contributed by atoms with van der Waals surface area (Å²) in [6.07, 6.45) is 3.60. The minimum Gasteiger partial charge on any atom is -0.463 e. The number of ether oxygens (including phenoxy) is 1. The Kier molecular flexibility index (Phi) is 10.4. The topological polar surface area (TPSA) is 63.7 Å². The molecule has 0 radical (unpaired) electrons. The van der Waals surface area contributed by atoms with Crippen LogP contribution < -0.4 is 0 Å². The molecule has 0 aliphatic rings. The largest absolute Gasteiger partial charge is 0.552 e. The molecule has 130 valence electrons. The van der Waals surface area contributed by atoms with Crippen LogP contribution >= 0.6 is 0 Å². The maximum absolute atomic E-state index is 11.3. The van der Waals surface area contributed by atoms with Gasteiger partial charge in [0.05, 0.1) is 6.61 Å². The fourth-order valence-corrected chi connectivity index (χ4v) is 4.29. The van der Waals surface area contributed by atoms with Crippen LogP contribution in [0.1, 0.15) is 13.3 Å². The highest BCUT2D eigenvalue weighted by molar-refractivity contribution is 6.60. The molecule has 0 heterocycles. The van der Waals surface area contributed by atoms with E-state index >= 15 is 0 Å². The van der Waals surface area contributed by atoms with Crippen LogP contribution in [0.25, 0.3) is 0 Å². The summed E-state index contributed by atoms with van der Waals surface area (Å²) in [5, 5.41) is 4.68. The van der Waals surface area contributed by atoms with Crippen LogP contribution in [0.15, 0.2) is 12.2 Å². The molecule has 0 atom stereocenters. The molecule has 8 nitrogen and oxygen atoms in total. The molecule has 0 rings (SSSR count). The van der Waals surface area contributed by atoms with Gasteiger partial charge in [-0.2, -0.15) is 0 Å². The van der Waals surface area contributed by atoms with E-state index in [2.05, 4.69) is 0 Å². The van der Waals surface area contributed by atoms with Crippen molar-refractivity contribution in [2.24, 2.45) is 0 Å². The zero-order valence-corrected chi connectivity index (χ0v) is 15.7. The van der Waals surface area contributed by atoms with Crippen LogP contribution in [0.2, 0.25) is 6.04 Å². The Balaban J connectivity index is 4.70. The molecule has 0 fully saturated rings. The van der Waals surface area contributed by atoms with E-state index in [0.29, 0.717) is 12.5 Å². The van der Waals surface area contributed by atoms with Crippen molar-refractivity contribution in [1.82, 2.24) is 15.2 Å². The Morgan fingerprint density at radius 1 is 0.955 bits per heavy atom. The van der Waals surface area contributed by atoms with Gasteiger partial charge in [-0.1, -0.05) is 6.08 Å². The number of carbonyl (C=O) groups is 1. The zero-order chi connectivity index (χ0) is 17.2. The number of carbonyl (C=O) groups excluding carboxylic acids is 1. The molecule has 22 heavy (non-hydrogen) atoms. The van der Waals surface area contributed by atoms with Gasteiger partial charge in [0.25, 0.3) is 0 Å². The predicted molar refractivity (Wildman–Crippen MR) is 85.3 cm³/mol. The minimum absolute atomic E-state index is 0.280. The van der Waals surface area contributed by atoms with Gasteiger partial charge < -0.3 is 4.74 Å². The first-order chi connectivity index (χ1) is 10.2. The summed E-state index contributed by atoms with van der Waals surface area (Å²) in [5.41, 5.74) is 0. The third kappa shape index (κ3) is 10.0. The molecular weight excluding hydrogens is 306 g/mol. The zero-order valence-electron chi connectivity index (χ0n) is 14.7. The summed E-state index contributed by atoms with van der Waals surface area (Å²) < 4.78 is 22.5. The standard InChI is InChI=1S/C13H29N3O5Si/c1-8-10-13(17)18-11-9-12-22(19-14(2)3,20-15(4)5)21-16(6)7/h8,10H,9,11-12H2,1-7H3. The quantitative estimate of drug-likeness (QED) is 0.182. The molecule has 9 heteroatoms. The molecule has 0 aliphatic heterocycles. The van der Waals surface area contributed by atoms with Crippen LogP contribution in [0, 0.1) is 0 Å². The lowest BCUT2D eigenvalue weighted by molar-refractivity contribution is -0.193. The molecule has 0 saturated carbocycles. The van der Waals surface area contributed by atoms with Gasteiger partial charge in [0.15, 0.2) is 0 Å². The fraction of sp³-hybridized carbons (Fsp3) is 0.769. The average molecular weight is 335 g/mol. The van der Waals surface area contributed by atoms with Crippen LogP contribution in [0.3, 0.4) is 0 Å². The van der Waals surface area contributed by atoms with Gasteiger partial charge in [-0.05, 0) is 13.3 Å². The van der Waals surface area contributed by atoms with Gasteiger partial charge in [0.2, 0.25) is 0 Å². The molecule has 0 spiro atoms. The lowest BCUT2D eigenvalue weighted by atomic mass is 10.5. The van der Waals surface area contributed by atoms with Crippen molar-refractivity contribution in [3.63, 3.8) is 0 Å². The van der Waals surface area contributed by atoms with Crippen molar-refractivity contribution in [3.8, 4) is 0 Å². The number of rotatable bonds is 11. The molecule has 0 aromatic rings. The molecule has 0 aromatic carbocycles. The van der Waals surface area contributed by atoms with Crippen molar-refractivity contribution >= 4 is 14.8 Å². The molecule has 0 saturated heterocycles. The first-order valence-corrected chi connectivity index (χ1v) is 9.03. The SMILES string of the molecule is CC=CC(=O)OCCC[Si](ON(C)C)(ON(C)C)ON(C)C. The second-order valence-corrected chi connectivity index (χ2v) is 7.58. The summed E-state index contributed by atoms with van der Waals surface area (Å²) in [4.78, 5) is 11.3. The third-order valence-corrected chi connectivity index (χ3v) is 5.04. The van der Waals surface area contributed by atoms with Gasteiger partial charge >= 0.3 is 14.8 Å². The highest BCUT2D eigenvalue weighted by Gasteiger charge is 2.46. The fourth-order valence-electron chi connectivity index (χ4n) is 1.67. The predicted octanol–water partition coefficient (Wildman–Crippen LogP) is 0.914. The van der Waals surface area contributed by atoms with Gasteiger partial charge in [0.1, 0.15) is 0 Å². The first kappa shape index (κ1) is 21.2. The van der Waals surface area contributed by atoms with E-state index < -0.39 is 8.80 Å². The number of esters is 1. The number of hydroxylamine groups is 6. The normalized spacial score (nSPS) is 12.8. The Morgan fingerprint density at radius 2 is 1.41 bits per heavy atom. The highest BCUT2D eigenvalue weighted by Crippen LogP contribution is 2.20. The second-order valence-electron chi connectivity index (χ2n) is 5.17. The summed E-state index contributed by atoms with van der Waals surface area (Å²) in [6.45, 7) is 2.04. The van der Waals surface area contributed by atoms with E-state index in [0.717, 1.165) is 0 Å². The Bertz CT molecular complexity index is 324. The number of hydrogen-bond donors (Lipinski definition) is 0. The van der Waals surface area contributed by atoms with Crippen molar-refractivity contribution in [2.45, 2.75) is 19.4 Å². The molecule has 0 bridgehead atoms. The van der Waals surface area contributed by atoms with Crippen LogP contribution in [-0.4, -0.2) is 78.9 Å². The Labute approximate surface area is 134 Å². The average Bonchev–Trinajstić information content (AvgIpc) is 2.32. The van der Waals surface area contributed by atoms with Crippen molar-refractivity contribution in [1.29, 1.82) is 0 Å². The van der Waals surface area contributed by atoms with Crippen LogP contribution in [0.4, 0.5) is 0 Å². The molecule has 0 aliphatic carbocycles. The summed E-state index contributed by atoms with van der Waals surface area (Å²) in [5.74, 6) is -0.356. The lowest BCUT2D eigenvalue weighted by Crippen LogP contribution is -2.54. The lowest BCUT2D eigenvalue weighted by Gasteiger charge is -2.34. The van der Waals surface area contributed by atoms with Crippen LogP contribution in [0.5, 0.6) is 0 Å². The molecular formula is C13H29N3O5Si. The Hall–Kier alpha value is -0.813. The summed E-state index contributed by atoms with van der Waals surface area (Å²) >= 11 is 0. The first-order valence-electron chi connectivity index (χ1n) is 7.09. The van der Waals surface area contributed by atoms with Gasteiger partial charge in [-0.15, -0.1) is 0 Å². The molecule has 0 amide bonds. The van der Waals surface area contributed by atoms with Gasteiger partial charge in [-0.25, -0.2) is 20.0 Å². The monoisotopic (exact) mass is 335 g/mol. The van der Waals surface area contributed by atoms with E-state index in [9.17, 15) is 4.79 Å². The smallest absolute Gasteiger partial charge is 0.463 e. The number of allylic oxidation sites excluding steroid dienone is 1. The maximum Gasteiger partial charge on any atom is 0.552 e. The van der Waals surface area contributed by atoms with E-state index in [1.165, 1.54) is 6.08 Å². The second kappa shape index (κ2) is 10.8. The summed E-state index contributed by atoms with van der Waals surface area (Å²) in [6, 6.07) is 0.505. The number of nitrogens with zero attached hydrogens (tertiary/aromatic N) is 3.